The monoisotopic (exact) mass is 457 g/mol. The largest absolute Gasteiger partial charge is 0.426 e. The molecule has 0 aromatic heterocycles. The molecule has 2 aliphatic rings. The lowest BCUT2D eigenvalue weighted by molar-refractivity contribution is -0.140. The first-order valence-electron chi connectivity index (χ1n) is 13.5. The first-order valence-corrected chi connectivity index (χ1v) is 13.5. The number of rotatable bonds is 8. The van der Waals surface area contributed by atoms with Gasteiger partial charge >= 0.3 is 5.97 Å². The maximum Gasteiger partial charge on any atom is 0.314 e. The minimum absolute atomic E-state index is 0.0290. The molecule has 0 unspecified atom stereocenters. The van der Waals surface area contributed by atoms with Gasteiger partial charge in [-0.25, -0.2) is 0 Å². The molecular weight excluding hydrogens is 418 g/mol. The Morgan fingerprint density at radius 3 is 1.91 bits per heavy atom. The molecule has 0 spiro atoms. The molecule has 0 radical (unpaired) electrons. The Hall–Kier alpha value is -2.60. The molecule has 0 saturated heterocycles. The predicted molar refractivity (Wildman–Crippen MR) is 137 cm³/mol. The van der Waals surface area contributed by atoms with Crippen molar-refractivity contribution in [3.63, 3.8) is 0 Å². The molecule has 0 bridgehead atoms. The van der Waals surface area contributed by atoms with E-state index in [-0.39, 0.29) is 11.9 Å². The molecule has 0 heterocycles. The average Bonchev–Trinajstić information content (AvgIpc) is 2.90. The van der Waals surface area contributed by atoms with E-state index in [1.165, 1.54) is 62.5 Å². The van der Waals surface area contributed by atoms with Crippen LogP contribution in [0.2, 0.25) is 0 Å². The zero-order valence-electron chi connectivity index (χ0n) is 20.7. The predicted octanol–water partition coefficient (Wildman–Crippen LogP) is 8.29. The SMILES string of the molecule is CCCCCC1CCC(c2ccc(C3CCC(C(=O)Oc4ccc(C#N)cc4)CC3)cc2)CC1. The molecule has 0 amide bonds. The Morgan fingerprint density at radius 1 is 0.824 bits per heavy atom. The maximum atomic E-state index is 12.6. The van der Waals surface area contributed by atoms with E-state index in [4.69, 9.17) is 10.00 Å². The maximum absolute atomic E-state index is 12.6. The quantitative estimate of drug-likeness (QED) is 0.227. The Bertz CT molecular complexity index is 940. The van der Waals surface area contributed by atoms with Crippen LogP contribution in [-0.2, 0) is 4.79 Å². The molecule has 2 aromatic carbocycles. The minimum Gasteiger partial charge on any atom is -0.426 e. The molecule has 4 rings (SSSR count). The molecule has 0 aliphatic heterocycles. The van der Waals surface area contributed by atoms with E-state index in [0.29, 0.717) is 17.2 Å². The second kappa shape index (κ2) is 12.2. The van der Waals surface area contributed by atoms with E-state index in [2.05, 4.69) is 37.3 Å². The molecule has 0 atom stereocenters. The number of ether oxygens (including phenoxy) is 1. The van der Waals surface area contributed by atoms with Crippen molar-refractivity contribution in [2.24, 2.45) is 11.8 Å². The minimum atomic E-state index is -0.135. The molecule has 34 heavy (non-hydrogen) atoms. The summed E-state index contributed by atoms with van der Waals surface area (Å²) in [6, 6.07) is 18.3. The Kier molecular flexibility index (Phi) is 8.80. The van der Waals surface area contributed by atoms with Gasteiger partial charge in [-0.1, -0.05) is 56.9 Å². The van der Waals surface area contributed by atoms with Crippen LogP contribution >= 0.6 is 0 Å². The third kappa shape index (κ3) is 6.50. The fourth-order valence-electron chi connectivity index (χ4n) is 5.97. The van der Waals surface area contributed by atoms with Crippen LogP contribution in [0.5, 0.6) is 5.75 Å². The average molecular weight is 458 g/mol. The van der Waals surface area contributed by atoms with Crippen LogP contribution in [0.1, 0.15) is 112 Å². The Balaban J connectivity index is 1.22. The standard InChI is InChI=1S/C31H39NO2/c1-2-3-4-5-23-6-10-25(11-7-23)26-12-14-27(15-13-26)28-16-18-29(19-17-28)31(33)34-30-20-8-24(22-32)9-21-30/h8-9,12-15,20-21,23,25,28-29H,2-7,10-11,16-19H2,1H3. The normalized spacial score (nSPS) is 24.8. The first-order chi connectivity index (χ1) is 16.7. The molecule has 0 N–H and O–H groups in total. The number of nitrogens with zero attached hydrogens (tertiary/aromatic N) is 1. The highest BCUT2D eigenvalue weighted by Gasteiger charge is 2.29. The topological polar surface area (TPSA) is 50.1 Å². The van der Waals surface area contributed by atoms with Gasteiger partial charge < -0.3 is 4.74 Å². The zero-order chi connectivity index (χ0) is 23.8. The van der Waals surface area contributed by atoms with Gasteiger partial charge in [0.1, 0.15) is 5.75 Å². The number of carbonyl (C=O) groups excluding carboxylic acids is 1. The highest BCUT2D eigenvalue weighted by atomic mass is 16.5. The van der Waals surface area contributed by atoms with Crippen LogP contribution < -0.4 is 4.74 Å². The summed E-state index contributed by atoms with van der Waals surface area (Å²) < 4.78 is 5.56. The molecule has 180 valence electrons. The van der Waals surface area contributed by atoms with E-state index in [0.717, 1.165) is 37.5 Å². The van der Waals surface area contributed by atoms with Gasteiger partial charge in [-0.2, -0.15) is 5.26 Å². The molecule has 2 saturated carbocycles. The summed E-state index contributed by atoms with van der Waals surface area (Å²) in [6.07, 6.45) is 14.9. The number of carbonyl (C=O) groups is 1. The van der Waals surface area contributed by atoms with Crippen LogP contribution in [0.4, 0.5) is 0 Å². The van der Waals surface area contributed by atoms with Crippen LogP contribution in [0.3, 0.4) is 0 Å². The van der Waals surface area contributed by atoms with E-state index in [1.54, 1.807) is 24.3 Å². The van der Waals surface area contributed by atoms with Crippen LogP contribution in [0.15, 0.2) is 48.5 Å². The summed E-state index contributed by atoms with van der Waals surface area (Å²) in [5, 5.41) is 8.90. The van der Waals surface area contributed by atoms with Gasteiger partial charge in [0.25, 0.3) is 0 Å². The van der Waals surface area contributed by atoms with Gasteiger partial charge in [0.15, 0.2) is 0 Å². The lowest BCUT2D eigenvalue weighted by Gasteiger charge is -2.30. The van der Waals surface area contributed by atoms with E-state index < -0.39 is 0 Å². The Labute approximate surface area is 205 Å². The zero-order valence-corrected chi connectivity index (χ0v) is 20.7. The Morgan fingerprint density at radius 2 is 1.38 bits per heavy atom. The lowest BCUT2D eigenvalue weighted by atomic mass is 9.76. The smallest absolute Gasteiger partial charge is 0.314 e. The highest BCUT2D eigenvalue weighted by Crippen LogP contribution is 2.40. The van der Waals surface area contributed by atoms with Crippen molar-refractivity contribution in [2.75, 3.05) is 0 Å². The van der Waals surface area contributed by atoms with Gasteiger partial charge in [0.2, 0.25) is 0 Å². The molecule has 2 aliphatic carbocycles. The van der Waals surface area contributed by atoms with Crippen LogP contribution in [0, 0.1) is 23.2 Å². The van der Waals surface area contributed by atoms with Crippen molar-refractivity contribution < 1.29 is 9.53 Å². The summed E-state index contributed by atoms with van der Waals surface area (Å²) in [4.78, 5) is 12.6. The number of benzene rings is 2. The summed E-state index contributed by atoms with van der Waals surface area (Å²) >= 11 is 0. The number of nitriles is 1. The van der Waals surface area contributed by atoms with Gasteiger partial charge in [0.05, 0.1) is 17.6 Å². The van der Waals surface area contributed by atoms with E-state index in [1.807, 2.05) is 0 Å². The number of hydrogen-bond donors (Lipinski definition) is 0. The fraction of sp³-hybridized carbons (Fsp3) is 0.548. The molecule has 2 fully saturated rings. The van der Waals surface area contributed by atoms with Gasteiger partial charge in [0, 0.05) is 0 Å². The number of hydrogen-bond acceptors (Lipinski definition) is 3. The van der Waals surface area contributed by atoms with Gasteiger partial charge in [-0.3, -0.25) is 4.79 Å². The lowest BCUT2D eigenvalue weighted by Crippen LogP contribution is -2.25. The third-order valence-corrected chi connectivity index (χ3v) is 8.20. The molecule has 3 heteroatoms. The van der Waals surface area contributed by atoms with Gasteiger partial charge in [-0.05, 0) is 105 Å². The van der Waals surface area contributed by atoms with Gasteiger partial charge in [-0.15, -0.1) is 0 Å². The number of esters is 1. The number of unbranched alkanes of at least 4 members (excludes halogenated alkanes) is 2. The summed E-state index contributed by atoms with van der Waals surface area (Å²) in [6.45, 7) is 2.29. The highest BCUT2D eigenvalue weighted by molar-refractivity contribution is 5.75. The molecule has 2 aromatic rings. The van der Waals surface area contributed by atoms with Crippen LogP contribution in [-0.4, -0.2) is 5.97 Å². The summed E-state index contributed by atoms with van der Waals surface area (Å²) in [5.74, 6) is 2.60. The molecular formula is C31H39NO2. The van der Waals surface area contributed by atoms with E-state index >= 15 is 0 Å². The summed E-state index contributed by atoms with van der Waals surface area (Å²) in [5.41, 5.74) is 3.52. The molecule has 3 nitrogen and oxygen atoms in total. The van der Waals surface area contributed by atoms with Crippen molar-refractivity contribution >= 4 is 5.97 Å². The van der Waals surface area contributed by atoms with Crippen molar-refractivity contribution in [1.82, 2.24) is 0 Å². The van der Waals surface area contributed by atoms with Crippen molar-refractivity contribution in [1.29, 1.82) is 5.26 Å². The van der Waals surface area contributed by atoms with Crippen molar-refractivity contribution in [3.8, 4) is 11.8 Å². The first kappa shape index (κ1) is 24.5. The summed E-state index contributed by atoms with van der Waals surface area (Å²) in [7, 11) is 0. The second-order valence-corrected chi connectivity index (χ2v) is 10.5. The van der Waals surface area contributed by atoms with Crippen molar-refractivity contribution in [2.45, 2.75) is 95.8 Å². The third-order valence-electron chi connectivity index (χ3n) is 8.20. The van der Waals surface area contributed by atoms with Crippen LogP contribution in [0.25, 0.3) is 0 Å². The second-order valence-electron chi connectivity index (χ2n) is 10.5. The van der Waals surface area contributed by atoms with Crippen molar-refractivity contribution in [3.05, 3.63) is 65.2 Å². The fourth-order valence-corrected chi connectivity index (χ4v) is 5.97. The van der Waals surface area contributed by atoms with E-state index in [9.17, 15) is 4.79 Å².